The Morgan fingerprint density at radius 1 is 0.875 bits per heavy atom. The van der Waals surface area contributed by atoms with Crippen LogP contribution in [0.1, 0.15) is 80.5 Å². The quantitative estimate of drug-likeness (QED) is 0.143. The van der Waals surface area contributed by atoms with E-state index in [1.54, 1.807) is 0 Å². The smallest absolute Gasteiger partial charge is 0.0455 e. The van der Waals surface area contributed by atoms with Crippen LogP contribution in [0.5, 0.6) is 0 Å². The Morgan fingerprint density at radius 3 is 2.56 bits per heavy atom. The molecule has 1 nitrogen and oxygen atoms in total. The fourth-order valence-corrected chi connectivity index (χ4v) is 7.67. The Bertz CT molecular complexity index is 1820. The molecule has 48 heavy (non-hydrogen) atoms. The minimum Gasteiger partial charge on any atom is -0.338 e. The Kier molecular flexibility index (Phi) is 13.2. The zero-order valence-corrected chi connectivity index (χ0v) is 29.5. The number of fused-ring (bicyclic) bond motifs is 3. The topological polar surface area (TPSA) is 3.24 Å². The molecule has 1 atom stereocenters. The van der Waals surface area contributed by atoms with Gasteiger partial charge in [0.2, 0.25) is 0 Å². The van der Waals surface area contributed by atoms with Crippen molar-refractivity contribution in [3.8, 4) is 12.8 Å². The molecule has 244 valence electrons. The minimum absolute atomic E-state index is 0.314. The number of anilines is 1. The largest absolute Gasteiger partial charge is 0.338 e. The molecule has 0 N–H and O–H groups in total. The lowest BCUT2D eigenvalue weighted by molar-refractivity contribution is 0.803. The van der Waals surface area contributed by atoms with Crippen molar-refractivity contribution in [2.75, 3.05) is 17.2 Å². The lowest BCUT2D eigenvalue weighted by Crippen LogP contribution is -2.23. The molecule has 0 spiro atoms. The third kappa shape index (κ3) is 8.71. The average Bonchev–Trinajstić information content (AvgIpc) is 3.36. The Labute approximate surface area is 293 Å². The van der Waals surface area contributed by atoms with Gasteiger partial charge in [-0.25, -0.2) is 0 Å². The van der Waals surface area contributed by atoms with Gasteiger partial charge in [-0.15, -0.1) is 24.6 Å². The zero-order chi connectivity index (χ0) is 33.6. The third-order valence-corrected chi connectivity index (χ3v) is 10.3. The van der Waals surface area contributed by atoms with Crippen molar-refractivity contribution < 1.29 is 0 Å². The molecule has 0 saturated heterocycles. The average molecular weight is 648 g/mol. The normalized spacial score (nSPS) is 20.6. The van der Waals surface area contributed by atoms with E-state index in [9.17, 15) is 0 Å². The number of benzene rings is 3. The third-order valence-electron chi connectivity index (χ3n) is 9.25. The SMILES string of the molecule is C#C.C/C=C(\C=C/C(CC)c1cc(C2=CCCC=C2)cc(/C2=C/CCC/C=C\CS2)c1)N1C/C=C\C=C/Cc2c1ccc1ccccc21. The van der Waals surface area contributed by atoms with E-state index in [1.165, 1.54) is 67.7 Å². The maximum absolute atomic E-state index is 4.00. The van der Waals surface area contributed by atoms with Crippen LogP contribution < -0.4 is 4.90 Å². The van der Waals surface area contributed by atoms with Gasteiger partial charge in [-0.3, -0.25) is 0 Å². The van der Waals surface area contributed by atoms with Gasteiger partial charge in [0.05, 0.1) is 0 Å². The van der Waals surface area contributed by atoms with E-state index in [0.29, 0.717) is 5.92 Å². The van der Waals surface area contributed by atoms with Gasteiger partial charge in [0.1, 0.15) is 0 Å². The first-order valence-corrected chi connectivity index (χ1v) is 18.5. The molecule has 0 amide bonds. The Morgan fingerprint density at radius 2 is 1.73 bits per heavy atom. The van der Waals surface area contributed by atoms with Crippen LogP contribution in [0.15, 0.2) is 139 Å². The highest BCUT2D eigenvalue weighted by atomic mass is 32.2. The number of allylic oxidation sites excluding steroid dienone is 12. The monoisotopic (exact) mass is 647 g/mol. The highest BCUT2D eigenvalue weighted by Gasteiger charge is 2.18. The predicted molar refractivity (Wildman–Crippen MR) is 215 cm³/mol. The minimum atomic E-state index is 0.314. The van der Waals surface area contributed by atoms with Crippen LogP contribution in [0.2, 0.25) is 0 Å². The lowest BCUT2D eigenvalue weighted by atomic mass is 9.89. The van der Waals surface area contributed by atoms with Crippen molar-refractivity contribution in [1.82, 2.24) is 0 Å². The van der Waals surface area contributed by atoms with Gasteiger partial charge in [-0.2, -0.15) is 0 Å². The maximum Gasteiger partial charge on any atom is 0.0455 e. The summed E-state index contributed by atoms with van der Waals surface area (Å²) in [7, 11) is 0. The van der Waals surface area contributed by atoms with E-state index in [-0.39, 0.29) is 0 Å². The van der Waals surface area contributed by atoms with Crippen LogP contribution in [0.25, 0.3) is 21.3 Å². The second-order valence-corrected chi connectivity index (χ2v) is 13.4. The summed E-state index contributed by atoms with van der Waals surface area (Å²) in [5.74, 6) is 1.35. The van der Waals surface area contributed by atoms with Crippen LogP contribution in [0.3, 0.4) is 0 Å². The molecular formula is C46H49NS. The molecule has 2 heterocycles. The number of rotatable bonds is 7. The van der Waals surface area contributed by atoms with Crippen molar-refractivity contribution in [3.05, 3.63) is 162 Å². The molecule has 2 aliphatic heterocycles. The molecule has 3 aliphatic rings. The summed E-state index contributed by atoms with van der Waals surface area (Å²) in [4.78, 5) is 3.91. The second kappa shape index (κ2) is 18.2. The van der Waals surface area contributed by atoms with Crippen LogP contribution >= 0.6 is 11.8 Å². The summed E-state index contributed by atoms with van der Waals surface area (Å²) in [6.07, 6.45) is 46.0. The Hall–Kier alpha value is -4.45. The summed E-state index contributed by atoms with van der Waals surface area (Å²) in [6, 6.07) is 20.7. The molecule has 0 saturated carbocycles. The van der Waals surface area contributed by atoms with Gasteiger partial charge in [-0.05, 0) is 109 Å². The lowest BCUT2D eigenvalue weighted by Gasteiger charge is -2.28. The van der Waals surface area contributed by atoms with E-state index in [2.05, 4.69) is 165 Å². The fraction of sp³-hybridized carbons (Fsp3) is 0.261. The van der Waals surface area contributed by atoms with Crippen molar-refractivity contribution in [2.45, 2.75) is 64.7 Å². The first-order valence-electron chi connectivity index (χ1n) is 17.5. The van der Waals surface area contributed by atoms with Gasteiger partial charge in [0, 0.05) is 34.5 Å². The van der Waals surface area contributed by atoms with Crippen LogP contribution in [-0.4, -0.2) is 12.3 Å². The molecular weight excluding hydrogens is 599 g/mol. The summed E-state index contributed by atoms with van der Waals surface area (Å²) in [6.45, 7) is 5.33. The van der Waals surface area contributed by atoms with Crippen LogP contribution in [-0.2, 0) is 6.42 Å². The van der Waals surface area contributed by atoms with Crippen molar-refractivity contribution in [2.24, 2.45) is 0 Å². The van der Waals surface area contributed by atoms with Crippen molar-refractivity contribution in [1.29, 1.82) is 0 Å². The van der Waals surface area contributed by atoms with E-state index in [4.69, 9.17) is 0 Å². The van der Waals surface area contributed by atoms with Crippen LogP contribution in [0.4, 0.5) is 5.69 Å². The van der Waals surface area contributed by atoms with E-state index in [1.807, 2.05) is 11.8 Å². The molecule has 2 heteroatoms. The molecule has 1 aliphatic carbocycles. The molecule has 6 rings (SSSR count). The number of nitrogens with zero attached hydrogens (tertiary/aromatic N) is 1. The van der Waals surface area contributed by atoms with Crippen molar-refractivity contribution in [3.63, 3.8) is 0 Å². The highest BCUT2D eigenvalue weighted by Crippen LogP contribution is 2.37. The van der Waals surface area contributed by atoms with E-state index >= 15 is 0 Å². The van der Waals surface area contributed by atoms with Gasteiger partial charge in [0.25, 0.3) is 0 Å². The first-order chi connectivity index (χ1) is 23.7. The van der Waals surface area contributed by atoms with E-state index in [0.717, 1.165) is 44.4 Å². The molecule has 3 aromatic carbocycles. The number of hydrogen-bond donors (Lipinski definition) is 0. The van der Waals surface area contributed by atoms with Crippen LogP contribution in [0, 0.1) is 12.8 Å². The number of hydrogen-bond acceptors (Lipinski definition) is 2. The van der Waals surface area contributed by atoms with Gasteiger partial charge in [-0.1, -0.05) is 122 Å². The number of terminal acetylenes is 1. The van der Waals surface area contributed by atoms with E-state index < -0.39 is 0 Å². The first kappa shape index (κ1) is 34.9. The summed E-state index contributed by atoms with van der Waals surface area (Å²) >= 11 is 1.98. The number of thioether (sulfide) groups is 1. The fourth-order valence-electron chi connectivity index (χ4n) is 6.74. The Balaban J connectivity index is 0.00000221. The second-order valence-electron chi connectivity index (χ2n) is 12.3. The highest BCUT2D eigenvalue weighted by molar-refractivity contribution is 8.08. The summed E-state index contributed by atoms with van der Waals surface area (Å²) in [5.41, 5.74) is 9.38. The molecule has 1 unspecified atom stereocenters. The molecule has 0 bridgehead atoms. The van der Waals surface area contributed by atoms with Crippen molar-refractivity contribution >= 4 is 38.7 Å². The zero-order valence-electron chi connectivity index (χ0n) is 28.7. The molecule has 3 aromatic rings. The maximum atomic E-state index is 4.00. The molecule has 0 fully saturated rings. The van der Waals surface area contributed by atoms with Gasteiger partial charge >= 0.3 is 0 Å². The van der Waals surface area contributed by atoms with Gasteiger partial charge in [0.15, 0.2) is 0 Å². The summed E-state index contributed by atoms with van der Waals surface area (Å²) in [5, 5.41) is 2.64. The van der Waals surface area contributed by atoms with Gasteiger partial charge < -0.3 is 4.90 Å². The molecule has 0 radical (unpaired) electrons. The standard InChI is InChI=1S/C44H47NS.C2H2/c1-3-34(37-31-38(35-19-11-10-12-20-35)33-39(32-37)44-24-14-6-5-9-18-30-46-44)25-27-40(4-2)45-29-17-8-7-13-23-42-41-22-16-15-21-36(41)26-28-43(42)45;1-2/h4,7-9,11,13,15-22,24-28,31-34H,3,5-6,10,12,14,23,29-30H2,1-2H3;1-2H/b13-7-,17-8-,18-9-,27-25-,40-4+,44-24-;. The molecule has 0 aromatic heterocycles. The summed E-state index contributed by atoms with van der Waals surface area (Å²) < 4.78 is 0. The predicted octanol–water partition coefficient (Wildman–Crippen LogP) is 12.8.